The number of phenolic OH excluding ortho intramolecular Hbond substituents is 1. The zero-order valence-electron chi connectivity index (χ0n) is 11.0. The van der Waals surface area contributed by atoms with Gasteiger partial charge in [-0.2, -0.15) is 0 Å². The zero-order chi connectivity index (χ0) is 14.1. The lowest BCUT2D eigenvalue weighted by Gasteiger charge is -2.31. The molecular formula is C16H17NO3. The van der Waals surface area contributed by atoms with Gasteiger partial charge in [-0.3, -0.25) is 4.79 Å². The molecule has 104 valence electrons. The van der Waals surface area contributed by atoms with Gasteiger partial charge in [-0.15, -0.1) is 0 Å². The standard InChI is InChI=1S/C16H17NO3/c18-12-7-10(8-12)9-17-16(20)14-6-5-11-3-1-2-4-13(11)15(14)19/h1-6,10,12,18-19H,7-9H2,(H,17,20). The van der Waals surface area contributed by atoms with Crippen LogP contribution in [0.3, 0.4) is 0 Å². The number of aliphatic hydroxyl groups is 1. The second-order valence-electron chi connectivity index (χ2n) is 5.38. The summed E-state index contributed by atoms with van der Waals surface area (Å²) in [5.74, 6) is 0.0976. The summed E-state index contributed by atoms with van der Waals surface area (Å²) in [5, 5.41) is 23.8. The molecular weight excluding hydrogens is 254 g/mol. The van der Waals surface area contributed by atoms with Crippen LogP contribution in [0.1, 0.15) is 23.2 Å². The fourth-order valence-electron chi connectivity index (χ4n) is 2.64. The van der Waals surface area contributed by atoms with Gasteiger partial charge in [-0.1, -0.05) is 30.3 Å². The van der Waals surface area contributed by atoms with Crippen molar-refractivity contribution in [2.24, 2.45) is 5.92 Å². The van der Waals surface area contributed by atoms with Gasteiger partial charge in [-0.05, 0) is 30.2 Å². The molecule has 20 heavy (non-hydrogen) atoms. The smallest absolute Gasteiger partial charge is 0.255 e. The van der Waals surface area contributed by atoms with E-state index in [4.69, 9.17) is 0 Å². The molecule has 2 aromatic carbocycles. The molecule has 4 heteroatoms. The molecule has 0 radical (unpaired) electrons. The van der Waals surface area contributed by atoms with E-state index in [1.807, 2.05) is 24.3 Å². The Hall–Kier alpha value is -2.07. The first-order valence-corrected chi connectivity index (χ1v) is 6.82. The maximum Gasteiger partial charge on any atom is 0.255 e. The fourth-order valence-corrected chi connectivity index (χ4v) is 2.64. The molecule has 0 bridgehead atoms. The molecule has 0 spiro atoms. The minimum Gasteiger partial charge on any atom is -0.506 e. The minimum absolute atomic E-state index is 0.0224. The second-order valence-corrected chi connectivity index (χ2v) is 5.38. The van der Waals surface area contributed by atoms with Gasteiger partial charge in [-0.25, -0.2) is 0 Å². The van der Waals surface area contributed by atoms with Crippen molar-refractivity contribution in [3.8, 4) is 5.75 Å². The number of carbonyl (C=O) groups is 1. The number of hydrogen-bond acceptors (Lipinski definition) is 3. The molecule has 1 saturated carbocycles. The maximum absolute atomic E-state index is 12.1. The zero-order valence-corrected chi connectivity index (χ0v) is 11.0. The molecule has 1 fully saturated rings. The van der Waals surface area contributed by atoms with Crippen LogP contribution < -0.4 is 5.32 Å². The second kappa shape index (κ2) is 5.13. The highest BCUT2D eigenvalue weighted by atomic mass is 16.3. The van der Waals surface area contributed by atoms with Crippen molar-refractivity contribution >= 4 is 16.7 Å². The monoisotopic (exact) mass is 271 g/mol. The van der Waals surface area contributed by atoms with E-state index in [0.29, 0.717) is 23.4 Å². The van der Waals surface area contributed by atoms with Gasteiger partial charge >= 0.3 is 0 Å². The van der Waals surface area contributed by atoms with Crippen molar-refractivity contribution in [3.63, 3.8) is 0 Å². The van der Waals surface area contributed by atoms with Gasteiger partial charge in [0.2, 0.25) is 0 Å². The highest BCUT2D eigenvalue weighted by molar-refractivity contribution is 6.03. The Kier molecular flexibility index (Phi) is 3.32. The molecule has 0 heterocycles. The van der Waals surface area contributed by atoms with Crippen molar-refractivity contribution in [2.45, 2.75) is 18.9 Å². The Morgan fingerprint density at radius 2 is 1.95 bits per heavy atom. The number of rotatable bonds is 3. The third-order valence-electron chi connectivity index (χ3n) is 3.91. The number of aromatic hydroxyl groups is 1. The van der Waals surface area contributed by atoms with Gasteiger partial charge in [0.25, 0.3) is 5.91 Å². The van der Waals surface area contributed by atoms with Crippen LogP contribution in [0, 0.1) is 5.92 Å². The lowest BCUT2D eigenvalue weighted by atomic mass is 9.82. The van der Waals surface area contributed by atoms with Gasteiger partial charge in [0.15, 0.2) is 0 Å². The largest absolute Gasteiger partial charge is 0.506 e. The first-order chi connectivity index (χ1) is 9.65. The van der Waals surface area contributed by atoms with Crippen LogP contribution in [0.5, 0.6) is 5.75 Å². The number of carbonyl (C=O) groups excluding carboxylic acids is 1. The van der Waals surface area contributed by atoms with Crippen molar-refractivity contribution < 1.29 is 15.0 Å². The number of aliphatic hydroxyl groups excluding tert-OH is 1. The van der Waals surface area contributed by atoms with Gasteiger partial charge in [0, 0.05) is 11.9 Å². The quantitative estimate of drug-likeness (QED) is 0.800. The average molecular weight is 271 g/mol. The molecule has 3 rings (SSSR count). The van der Waals surface area contributed by atoms with Crippen LogP contribution in [0.4, 0.5) is 0 Å². The van der Waals surface area contributed by atoms with Gasteiger partial charge in [0.1, 0.15) is 5.75 Å². The number of nitrogens with one attached hydrogen (secondary N) is 1. The summed E-state index contributed by atoms with van der Waals surface area (Å²) >= 11 is 0. The van der Waals surface area contributed by atoms with E-state index in [0.717, 1.165) is 18.2 Å². The van der Waals surface area contributed by atoms with E-state index < -0.39 is 0 Å². The SMILES string of the molecule is O=C(NCC1CC(O)C1)c1ccc2ccccc2c1O. The number of amides is 1. The maximum atomic E-state index is 12.1. The van der Waals surface area contributed by atoms with Gasteiger partial charge < -0.3 is 15.5 Å². The number of hydrogen-bond donors (Lipinski definition) is 3. The van der Waals surface area contributed by atoms with Crippen LogP contribution in [-0.4, -0.2) is 28.8 Å². The van der Waals surface area contributed by atoms with Crippen LogP contribution in [0.2, 0.25) is 0 Å². The van der Waals surface area contributed by atoms with Crippen molar-refractivity contribution in [3.05, 3.63) is 42.0 Å². The van der Waals surface area contributed by atoms with E-state index >= 15 is 0 Å². The Labute approximate surface area is 117 Å². The summed E-state index contributed by atoms with van der Waals surface area (Å²) < 4.78 is 0. The average Bonchev–Trinajstić information content (AvgIpc) is 2.43. The first-order valence-electron chi connectivity index (χ1n) is 6.82. The molecule has 0 saturated heterocycles. The molecule has 1 amide bonds. The normalized spacial score (nSPS) is 21.4. The van der Waals surface area contributed by atoms with E-state index in [1.54, 1.807) is 12.1 Å². The number of benzene rings is 2. The van der Waals surface area contributed by atoms with Gasteiger partial charge in [0.05, 0.1) is 11.7 Å². The van der Waals surface area contributed by atoms with Crippen LogP contribution >= 0.6 is 0 Å². The Bertz CT molecular complexity index is 647. The number of fused-ring (bicyclic) bond motifs is 1. The van der Waals surface area contributed by atoms with E-state index in [9.17, 15) is 15.0 Å². The van der Waals surface area contributed by atoms with E-state index in [1.165, 1.54) is 0 Å². The summed E-state index contributed by atoms with van der Waals surface area (Å²) in [5.41, 5.74) is 0.295. The lowest BCUT2D eigenvalue weighted by Crippen LogP contribution is -2.38. The molecule has 4 nitrogen and oxygen atoms in total. The molecule has 0 unspecified atom stereocenters. The van der Waals surface area contributed by atoms with Crippen LogP contribution in [0.15, 0.2) is 36.4 Å². The predicted octanol–water partition coefficient (Wildman–Crippen LogP) is 2.05. The highest BCUT2D eigenvalue weighted by Gasteiger charge is 2.27. The molecule has 1 aliphatic rings. The molecule has 0 atom stereocenters. The molecule has 0 aromatic heterocycles. The topological polar surface area (TPSA) is 69.6 Å². The molecule has 1 aliphatic carbocycles. The van der Waals surface area contributed by atoms with Crippen molar-refractivity contribution in [2.75, 3.05) is 6.54 Å². The first kappa shape index (κ1) is 12.9. The predicted molar refractivity (Wildman–Crippen MR) is 76.7 cm³/mol. The summed E-state index contributed by atoms with van der Waals surface area (Å²) in [6, 6.07) is 10.9. The highest BCUT2D eigenvalue weighted by Crippen LogP contribution is 2.29. The van der Waals surface area contributed by atoms with E-state index in [2.05, 4.69) is 5.32 Å². The Morgan fingerprint density at radius 1 is 1.20 bits per heavy atom. The molecule has 3 N–H and O–H groups in total. The summed E-state index contributed by atoms with van der Waals surface area (Å²) in [7, 11) is 0. The van der Waals surface area contributed by atoms with Crippen LogP contribution in [0.25, 0.3) is 10.8 Å². The van der Waals surface area contributed by atoms with E-state index in [-0.39, 0.29) is 17.8 Å². The Balaban J connectivity index is 1.76. The minimum atomic E-state index is -0.269. The Morgan fingerprint density at radius 3 is 2.70 bits per heavy atom. The van der Waals surface area contributed by atoms with Crippen molar-refractivity contribution in [1.29, 1.82) is 0 Å². The lowest BCUT2D eigenvalue weighted by molar-refractivity contribution is 0.0420. The third-order valence-corrected chi connectivity index (χ3v) is 3.91. The third kappa shape index (κ3) is 2.34. The molecule has 0 aliphatic heterocycles. The summed E-state index contributed by atoms with van der Waals surface area (Å²) in [6.45, 7) is 0.544. The van der Waals surface area contributed by atoms with Crippen LogP contribution in [-0.2, 0) is 0 Å². The molecule has 2 aromatic rings. The summed E-state index contributed by atoms with van der Waals surface area (Å²) in [6.07, 6.45) is 1.26. The number of phenols is 1. The fraction of sp³-hybridized carbons (Fsp3) is 0.312. The summed E-state index contributed by atoms with van der Waals surface area (Å²) in [4.78, 5) is 12.1. The van der Waals surface area contributed by atoms with Crippen molar-refractivity contribution in [1.82, 2.24) is 5.32 Å².